The average Bonchev–Trinajstić information content (AvgIpc) is 3.86. The molecule has 5 amide bonds. The second kappa shape index (κ2) is 19.0. The Hall–Kier alpha value is -6.20. The van der Waals surface area contributed by atoms with Crippen molar-refractivity contribution in [2.24, 2.45) is 11.3 Å². The molecule has 0 unspecified atom stereocenters. The number of hydrogen-bond acceptors (Lipinski definition) is 10. The van der Waals surface area contributed by atoms with Crippen molar-refractivity contribution in [3.8, 4) is 11.3 Å². The number of amides is 5. The van der Waals surface area contributed by atoms with Crippen LogP contribution in [0, 0.1) is 23.0 Å². The predicted molar refractivity (Wildman–Crippen MR) is 214 cm³/mol. The molecule has 0 aliphatic carbocycles. The van der Waals surface area contributed by atoms with E-state index in [9.17, 15) is 33.2 Å². The maximum atomic E-state index is 16.1. The molecule has 3 aromatic rings. The van der Waals surface area contributed by atoms with Gasteiger partial charge in [0.2, 0.25) is 0 Å². The van der Waals surface area contributed by atoms with E-state index in [-0.39, 0.29) is 56.4 Å². The van der Waals surface area contributed by atoms with Gasteiger partial charge in [0, 0.05) is 74.9 Å². The molecule has 15 nitrogen and oxygen atoms in total. The summed E-state index contributed by atoms with van der Waals surface area (Å²) in [5.74, 6) is -5.08. The number of carbonyl (C=O) groups excluding carboxylic acids is 6. The van der Waals surface area contributed by atoms with Crippen LogP contribution < -0.4 is 5.32 Å². The second-order valence-electron chi connectivity index (χ2n) is 16.7. The number of aromatic nitrogens is 2. The molecule has 5 rings (SSSR count). The minimum atomic E-state index is -1.65. The Morgan fingerprint density at radius 2 is 1.66 bits per heavy atom. The maximum Gasteiger partial charge on any atom is 0.410 e. The highest BCUT2D eigenvalue weighted by atomic mass is 19.1. The van der Waals surface area contributed by atoms with Gasteiger partial charge in [-0.25, -0.2) is 27.7 Å². The third-order valence-corrected chi connectivity index (χ3v) is 10.0. The number of imide groups is 1. The van der Waals surface area contributed by atoms with Crippen LogP contribution in [0.4, 0.5) is 22.8 Å². The first kappa shape index (κ1) is 45.9. The Labute approximate surface area is 351 Å². The fourth-order valence-electron chi connectivity index (χ4n) is 7.18. The van der Waals surface area contributed by atoms with Crippen molar-refractivity contribution in [2.45, 2.75) is 78.9 Å². The van der Waals surface area contributed by atoms with Gasteiger partial charge in [0.25, 0.3) is 17.7 Å². The molecule has 61 heavy (non-hydrogen) atoms. The highest BCUT2D eigenvalue weighted by Crippen LogP contribution is 2.42. The van der Waals surface area contributed by atoms with Crippen LogP contribution in [0.15, 0.2) is 66.9 Å². The Morgan fingerprint density at radius 3 is 2.30 bits per heavy atom. The van der Waals surface area contributed by atoms with Crippen molar-refractivity contribution in [2.75, 3.05) is 39.3 Å². The molecule has 1 saturated heterocycles. The molecule has 0 bridgehead atoms. The first-order valence-electron chi connectivity index (χ1n) is 19.7. The Bertz CT molecular complexity index is 2140. The first-order chi connectivity index (χ1) is 28.6. The zero-order valence-corrected chi connectivity index (χ0v) is 35.2. The summed E-state index contributed by atoms with van der Waals surface area (Å²) in [5, 5.41) is 2.50. The fourth-order valence-corrected chi connectivity index (χ4v) is 7.18. The smallest absolute Gasteiger partial charge is 0.410 e. The minimum Gasteiger partial charge on any atom is -0.453 e. The molecule has 4 atom stereocenters. The van der Waals surface area contributed by atoms with Gasteiger partial charge in [0.05, 0.1) is 18.3 Å². The third kappa shape index (κ3) is 11.8. The summed E-state index contributed by atoms with van der Waals surface area (Å²) in [6.07, 6.45) is -1.06. The van der Waals surface area contributed by atoms with E-state index in [2.05, 4.69) is 5.32 Å². The largest absolute Gasteiger partial charge is 0.453 e. The van der Waals surface area contributed by atoms with Gasteiger partial charge in [-0.2, -0.15) is 0 Å². The van der Waals surface area contributed by atoms with Crippen LogP contribution in [0.25, 0.3) is 11.3 Å². The van der Waals surface area contributed by atoms with E-state index in [1.807, 2.05) is 18.2 Å². The lowest BCUT2D eigenvalue weighted by Crippen LogP contribution is -2.51. The van der Waals surface area contributed by atoms with Crippen LogP contribution >= 0.6 is 0 Å². The van der Waals surface area contributed by atoms with Gasteiger partial charge in [-0.3, -0.25) is 24.1 Å². The van der Waals surface area contributed by atoms with Crippen LogP contribution in [0.1, 0.15) is 65.9 Å². The van der Waals surface area contributed by atoms with E-state index >= 15 is 8.78 Å². The summed E-state index contributed by atoms with van der Waals surface area (Å²) in [7, 11) is 0. The number of esters is 1. The molecular formula is C43H51F3N6O9. The van der Waals surface area contributed by atoms with E-state index in [0.29, 0.717) is 0 Å². The number of ether oxygens (including phenoxy) is 3. The van der Waals surface area contributed by atoms with Gasteiger partial charge >= 0.3 is 18.2 Å². The molecule has 328 valence electrons. The van der Waals surface area contributed by atoms with E-state index in [0.717, 1.165) is 47.7 Å². The van der Waals surface area contributed by atoms with Crippen molar-refractivity contribution in [3.63, 3.8) is 0 Å². The van der Waals surface area contributed by atoms with Crippen LogP contribution in [0.3, 0.4) is 0 Å². The molecule has 0 spiro atoms. The molecule has 1 N–H and O–H groups in total. The standard InChI is InChI=1S/C43H51F3N6O9/c1-26(60-27(2)53)39(56)52(22-29-21-50(23-33(29)46)41(58)61-42(3,4)5)37(43(6,7)25-59-40(57)47-17-18-51-35(54)15-16-36(51)55)38-48-34(31-19-30(44)13-14-32(31)45)24-49(38)20-28-11-9-8-10-12-28/h8-16,19,24,26,29,33,37H,17-18,20-23,25H2,1-7H3,(H,47,57)/t26-,29-,33-,37-/m0/s1. The van der Waals surface area contributed by atoms with E-state index in [1.54, 1.807) is 51.3 Å². The molecule has 3 heterocycles. The number of alkyl halides is 1. The number of imidazole rings is 1. The summed E-state index contributed by atoms with van der Waals surface area (Å²) in [6, 6.07) is 10.7. The van der Waals surface area contributed by atoms with Crippen LogP contribution in [0.5, 0.6) is 0 Å². The summed E-state index contributed by atoms with van der Waals surface area (Å²) >= 11 is 0. The van der Waals surface area contributed by atoms with Gasteiger partial charge in [0.1, 0.15) is 35.8 Å². The molecular weight excluding hydrogens is 801 g/mol. The molecule has 1 aromatic heterocycles. The topological polar surface area (TPSA) is 170 Å². The Kier molecular flexibility index (Phi) is 14.3. The number of carbonyl (C=O) groups is 6. The SMILES string of the molecule is CC(=O)O[C@@H](C)C(=O)N(C[C@@H]1CN(C(=O)OC(C)(C)C)C[C@@H]1F)[C@@H](c1nc(-c2cc(F)ccc2F)cn1Cc1ccccc1)C(C)(C)COC(=O)NCCN1C(=O)C=CC1=O. The quantitative estimate of drug-likeness (QED) is 0.116. The van der Waals surface area contributed by atoms with Crippen LogP contribution in [-0.4, -0.2) is 117 Å². The molecule has 1 fully saturated rings. The summed E-state index contributed by atoms with van der Waals surface area (Å²) < 4.78 is 64.4. The monoisotopic (exact) mass is 852 g/mol. The molecule has 2 aromatic carbocycles. The van der Waals surface area contributed by atoms with Crippen molar-refractivity contribution in [3.05, 3.63) is 89.9 Å². The normalized spacial score (nSPS) is 17.6. The average molecular weight is 853 g/mol. The number of likely N-dealkylation sites (tertiary alicyclic amines) is 1. The fraction of sp³-hybridized carbons (Fsp3) is 0.465. The number of nitrogens with zero attached hydrogens (tertiary/aromatic N) is 5. The highest BCUT2D eigenvalue weighted by molar-refractivity contribution is 6.12. The zero-order chi connectivity index (χ0) is 44.8. The van der Waals surface area contributed by atoms with Gasteiger partial charge in [-0.1, -0.05) is 44.2 Å². The third-order valence-electron chi connectivity index (χ3n) is 10.0. The van der Waals surface area contributed by atoms with Crippen molar-refractivity contribution >= 4 is 35.9 Å². The minimum absolute atomic E-state index is 0.0105. The number of nitrogens with one attached hydrogen (secondary N) is 1. The number of halogens is 3. The zero-order valence-electron chi connectivity index (χ0n) is 35.2. The molecule has 0 saturated carbocycles. The lowest BCUT2D eigenvalue weighted by Gasteiger charge is -2.43. The predicted octanol–water partition coefficient (Wildman–Crippen LogP) is 5.58. The lowest BCUT2D eigenvalue weighted by molar-refractivity contribution is -0.161. The first-order valence-corrected chi connectivity index (χ1v) is 19.7. The van der Waals surface area contributed by atoms with Gasteiger partial charge in [-0.05, 0) is 51.5 Å². The number of alkyl carbamates (subject to hydrolysis) is 1. The van der Waals surface area contributed by atoms with E-state index < -0.39 is 89.4 Å². The van der Waals surface area contributed by atoms with Crippen molar-refractivity contribution in [1.29, 1.82) is 0 Å². The molecule has 0 radical (unpaired) electrons. The van der Waals surface area contributed by atoms with E-state index in [4.69, 9.17) is 19.2 Å². The number of hydrogen-bond donors (Lipinski definition) is 1. The number of rotatable bonds is 15. The number of benzene rings is 2. The second-order valence-corrected chi connectivity index (χ2v) is 16.7. The van der Waals surface area contributed by atoms with Crippen molar-refractivity contribution in [1.82, 2.24) is 29.6 Å². The Morgan fingerprint density at radius 1 is 0.984 bits per heavy atom. The van der Waals surface area contributed by atoms with Crippen LogP contribution in [0.2, 0.25) is 0 Å². The summed E-state index contributed by atoms with van der Waals surface area (Å²) in [5.41, 5.74) is -1.68. The molecule has 18 heteroatoms. The van der Waals surface area contributed by atoms with Crippen LogP contribution in [-0.2, 0) is 39.9 Å². The van der Waals surface area contributed by atoms with Gasteiger partial charge < -0.3 is 33.9 Å². The van der Waals surface area contributed by atoms with Gasteiger partial charge in [0.15, 0.2) is 6.10 Å². The van der Waals surface area contributed by atoms with E-state index in [1.165, 1.54) is 22.9 Å². The molecule has 2 aliphatic heterocycles. The van der Waals surface area contributed by atoms with Gasteiger partial charge in [-0.15, -0.1) is 0 Å². The Balaban J connectivity index is 1.60. The maximum absolute atomic E-state index is 16.1. The molecule has 2 aliphatic rings. The summed E-state index contributed by atoms with van der Waals surface area (Å²) in [4.78, 5) is 85.4. The highest BCUT2D eigenvalue weighted by Gasteiger charge is 2.47. The summed E-state index contributed by atoms with van der Waals surface area (Å²) in [6.45, 7) is 9.27. The van der Waals surface area contributed by atoms with Crippen molar-refractivity contribution < 1.29 is 56.1 Å². The lowest BCUT2D eigenvalue weighted by atomic mass is 9.82.